The fraction of sp³-hybridized carbons (Fsp3) is 1.00. The van der Waals surface area contributed by atoms with Crippen molar-refractivity contribution >= 4 is 0 Å². The summed E-state index contributed by atoms with van der Waals surface area (Å²) in [5.41, 5.74) is 0. The van der Waals surface area contributed by atoms with E-state index in [9.17, 15) is 0 Å². The van der Waals surface area contributed by atoms with Crippen molar-refractivity contribution in [2.75, 3.05) is 13.2 Å². The highest BCUT2D eigenvalue weighted by atomic mass is 16.5. The predicted molar refractivity (Wildman–Crippen MR) is 105 cm³/mol. The Hall–Kier alpha value is -0.0400. The van der Waals surface area contributed by atoms with E-state index in [2.05, 4.69) is 20.8 Å². The molecule has 0 aliphatic heterocycles. The van der Waals surface area contributed by atoms with E-state index in [4.69, 9.17) is 4.74 Å². The molecule has 1 atom stereocenters. The molecular formula is C22H46O. The first kappa shape index (κ1) is 23.0. The van der Waals surface area contributed by atoms with Crippen molar-refractivity contribution in [2.45, 2.75) is 124 Å². The molecule has 0 fully saturated rings. The quantitative estimate of drug-likeness (QED) is 0.219. The summed E-state index contributed by atoms with van der Waals surface area (Å²) in [5.74, 6) is 0.823. The Labute approximate surface area is 148 Å². The van der Waals surface area contributed by atoms with Gasteiger partial charge in [-0.3, -0.25) is 0 Å². The Morgan fingerprint density at radius 3 is 1.43 bits per heavy atom. The predicted octanol–water partition coefficient (Wildman–Crippen LogP) is 7.92. The van der Waals surface area contributed by atoms with Crippen LogP contribution in [0.2, 0.25) is 0 Å². The van der Waals surface area contributed by atoms with Crippen LogP contribution in [0.5, 0.6) is 0 Å². The van der Waals surface area contributed by atoms with Crippen LogP contribution in [-0.4, -0.2) is 13.2 Å². The molecule has 0 heterocycles. The molecule has 0 saturated carbocycles. The molecule has 23 heavy (non-hydrogen) atoms. The van der Waals surface area contributed by atoms with Crippen LogP contribution in [0.4, 0.5) is 0 Å². The minimum atomic E-state index is 0.823. The zero-order valence-corrected chi connectivity index (χ0v) is 16.7. The molecule has 0 aliphatic carbocycles. The van der Waals surface area contributed by atoms with Crippen molar-refractivity contribution in [2.24, 2.45) is 5.92 Å². The van der Waals surface area contributed by atoms with Gasteiger partial charge in [-0.1, -0.05) is 104 Å². The maximum atomic E-state index is 5.92. The summed E-state index contributed by atoms with van der Waals surface area (Å²) < 4.78 is 5.92. The van der Waals surface area contributed by atoms with E-state index >= 15 is 0 Å². The van der Waals surface area contributed by atoms with Crippen molar-refractivity contribution in [3.63, 3.8) is 0 Å². The second-order valence-electron chi connectivity index (χ2n) is 7.41. The van der Waals surface area contributed by atoms with Gasteiger partial charge in [0.25, 0.3) is 0 Å². The van der Waals surface area contributed by atoms with Gasteiger partial charge in [-0.05, 0) is 25.2 Å². The van der Waals surface area contributed by atoms with Gasteiger partial charge in [0, 0.05) is 13.2 Å². The molecule has 140 valence electrons. The third kappa shape index (κ3) is 18.1. The van der Waals surface area contributed by atoms with Crippen LogP contribution < -0.4 is 0 Å². The lowest BCUT2D eigenvalue weighted by Gasteiger charge is -2.17. The monoisotopic (exact) mass is 326 g/mol. The summed E-state index contributed by atoms with van der Waals surface area (Å²) in [6, 6.07) is 0. The summed E-state index contributed by atoms with van der Waals surface area (Å²) in [6.45, 7) is 8.82. The van der Waals surface area contributed by atoms with Gasteiger partial charge in [-0.25, -0.2) is 0 Å². The number of ether oxygens (including phenoxy) is 1. The molecule has 0 radical (unpaired) electrons. The zero-order chi connectivity index (χ0) is 17.0. The number of hydrogen-bond acceptors (Lipinski definition) is 1. The second kappa shape index (κ2) is 20.0. The molecule has 1 unspecified atom stereocenters. The molecule has 0 aromatic rings. The zero-order valence-electron chi connectivity index (χ0n) is 16.7. The highest BCUT2D eigenvalue weighted by Crippen LogP contribution is 2.19. The molecular weight excluding hydrogens is 280 g/mol. The number of unbranched alkanes of at least 4 members (excludes halogenated alkanes) is 11. The minimum Gasteiger partial charge on any atom is -0.381 e. The van der Waals surface area contributed by atoms with Crippen molar-refractivity contribution in [3.8, 4) is 0 Å². The van der Waals surface area contributed by atoms with Gasteiger partial charge in [-0.15, -0.1) is 0 Å². The van der Waals surface area contributed by atoms with E-state index in [1.54, 1.807) is 0 Å². The molecule has 0 aromatic carbocycles. The van der Waals surface area contributed by atoms with E-state index in [0.717, 1.165) is 19.1 Å². The Morgan fingerprint density at radius 1 is 0.522 bits per heavy atom. The maximum absolute atomic E-state index is 5.92. The standard InChI is InChI=1S/C22H46O/c1-4-7-10-12-13-15-17-19-22(21-23-20-9-6-3)18-16-14-11-8-5-2/h22H,4-21H2,1-3H3. The van der Waals surface area contributed by atoms with E-state index in [-0.39, 0.29) is 0 Å². The van der Waals surface area contributed by atoms with Crippen LogP contribution in [0.15, 0.2) is 0 Å². The first-order chi connectivity index (χ1) is 11.3. The van der Waals surface area contributed by atoms with Gasteiger partial charge in [0.1, 0.15) is 0 Å². The topological polar surface area (TPSA) is 9.23 Å². The Morgan fingerprint density at radius 2 is 0.957 bits per heavy atom. The molecule has 0 amide bonds. The summed E-state index contributed by atoms with van der Waals surface area (Å²) in [4.78, 5) is 0. The summed E-state index contributed by atoms with van der Waals surface area (Å²) in [6.07, 6.45) is 22.3. The lowest BCUT2D eigenvalue weighted by Crippen LogP contribution is -2.11. The number of rotatable bonds is 19. The van der Waals surface area contributed by atoms with Crippen molar-refractivity contribution < 1.29 is 4.74 Å². The molecule has 0 N–H and O–H groups in total. The first-order valence-corrected chi connectivity index (χ1v) is 10.9. The van der Waals surface area contributed by atoms with Crippen molar-refractivity contribution in [1.82, 2.24) is 0 Å². The van der Waals surface area contributed by atoms with Gasteiger partial charge in [-0.2, -0.15) is 0 Å². The SMILES string of the molecule is CCCCCCCCCC(CCCCCCC)COCCCC. The second-order valence-corrected chi connectivity index (χ2v) is 7.41. The van der Waals surface area contributed by atoms with E-state index in [1.807, 2.05) is 0 Å². The normalized spacial score (nSPS) is 12.7. The molecule has 1 nitrogen and oxygen atoms in total. The molecule has 1 heteroatoms. The van der Waals surface area contributed by atoms with E-state index in [0.29, 0.717) is 0 Å². The molecule has 0 rings (SSSR count). The highest BCUT2D eigenvalue weighted by molar-refractivity contribution is 4.60. The van der Waals surface area contributed by atoms with Gasteiger partial charge in [0.05, 0.1) is 0 Å². The average molecular weight is 327 g/mol. The first-order valence-electron chi connectivity index (χ1n) is 10.9. The lowest BCUT2D eigenvalue weighted by atomic mass is 9.95. The van der Waals surface area contributed by atoms with Crippen LogP contribution in [0.1, 0.15) is 124 Å². The van der Waals surface area contributed by atoms with Gasteiger partial charge < -0.3 is 4.74 Å². The Bertz CT molecular complexity index is 202. The largest absolute Gasteiger partial charge is 0.381 e. The van der Waals surface area contributed by atoms with Crippen LogP contribution in [0.25, 0.3) is 0 Å². The third-order valence-corrected chi connectivity index (χ3v) is 4.93. The maximum Gasteiger partial charge on any atom is 0.0494 e. The average Bonchev–Trinajstić information content (AvgIpc) is 2.57. The molecule has 0 bridgehead atoms. The van der Waals surface area contributed by atoms with E-state index < -0.39 is 0 Å². The fourth-order valence-electron chi connectivity index (χ4n) is 3.23. The van der Waals surface area contributed by atoms with Crippen LogP contribution in [-0.2, 0) is 4.74 Å². The summed E-state index contributed by atoms with van der Waals surface area (Å²) in [7, 11) is 0. The number of hydrogen-bond donors (Lipinski definition) is 0. The van der Waals surface area contributed by atoms with Gasteiger partial charge >= 0.3 is 0 Å². The highest BCUT2D eigenvalue weighted by Gasteiger charge is 2.09. The van der Waals surface area contributed by atoms with E-state index in [1.165, 1.54) is 103 Å². The third-order valence-electron chi connectivity index (χ3n) is 4.93. The van der Waals surface area contributed by atoms with Crippen molar-refractivity contribution in [1.29, 1.82) is 0 Å². The van der Waals surface area contributed by atoms with Crippen molar-refractivity contribution in [3.05, 3.63) is 0 Å². The Kier molecular flexibility index (Phi) is 20.0. The van der Waals surface area contributed by atoms with Crippen LogP contribution in [0, 0.1) is 5.92 Å². The lowest BCUT2D eigenvalue weighted by molar-refractivity contribution is 0.0888. The molecule has 0 aromatic heterocycles. The van der Waals surface area contributed by atoms with Gasteiger partial charge in [0.15, 0.2) is 0 Å². The smallest absolute Gasteiger partial charge is 0.0494 e. The summed E-state index contributed by atoms with van der Waals surface area (Å²) >= 11 is 0. The van der Waals surface area contributed by atoms with Crippen LogP contribution in [0.3, 0.4) is 0 Å². The molecule has 0 aliphatic rings. The fourth-order valence-corrected chi connectivity index (χ4v) is 3.23. The Balaban J connectivity index is 3.69. The van der Waals surface area contributed by atoms with Crippen LogP contribution >= 0.6 is 0 Å². The van der Waals surface area contributed by atoms with Gasteiger partial charge in [0.2, 0.25) is 0 Å². The molecule has 0 spiro atoms. The minimum absolute atomic E-state index is 0.823. The summed E-state index contributed by atoms with van der Waals surface area (Å²) in [5, 5.41) is 0. The molecule has 0 saturated heterocycles.